The molecule has 1 rings (SSSR count). The quantitative estimate of drug-likeness (QED) is 0.501. The summed E-state index contributed by atoms with van der Waals surface area (Å²) in [5, 5.41) is 8.63. The standard InChI is InChI=1S/C8H9N3O/c1-12-7-3-2-6(5-9)8(4-7)11-10/h2-4,11H,10H2,1H3. The predicted molar refractivity (Wildman–Crippen MR) is 45.5 cm³/mol. The lowest BCUT2D eigenvalue weighted by molar-refractivity contribution is 0.415. The van der Waals surface area contributed by atoms with Crippen LogP contribution in [0.2, 0.25) is 0 Å². The lowest BCUT2D eigenvalue weighted by Crippen LogP contribution is -2.08. The predicted octanol–water partition coefficient (Wildman–Crippen LogP) is 0.852. The molecular formula is C8H9N3O. The number of hydrogen-bond acceptors (Lipinski definition) is 4. The van der Waals surface area contributed by atoms with Gasteiger partial charge in [-0.15, -0.1) is 0 Å². The van der Waals surface area contributed by atoms with Gasteiger partial charge in [0, 0.05) is 6.07 Å². The highest BCUT2D eigenvalue weighted by atomic mass is 16.5. The summed E-state index contributed by atoms with van der Waals surface area (Å²) in [6.07, 6.45) is 0. The van der Waals surface area contributed by atoms with Gasteiger partial charge >= 0.3 is 0 Å². The van der Waals surface area contributed by atoms with Gasteiger partial charge in [0.15, 0.2) is 0 Å². The van der Waals surface area contributed by atoms with Crippen LogP contribution >= 0.6 is 0 Å². The van der Waals surface area contributed by atoms with E-state index in [2.05, 4.69) is 5.43 Å². The monoisotopic (exact) mass is 163 g/mol. The van der Waals surface area contributed by atoms with Gasteiger partial charge in [0.05, 0.1) is 18.4 Å². The second-order valence-corrected chi connectivity index (χ2v) is 2.17. The fraction of sp³-hybridized carbons (Fsp3) is 0.125. The van der Waals surface area contributed by atoms with Gasteiger partial charge in [-0.3, -0.25) is 5.84 Å². The summed E-state index contributed by atoms with van der Waals surface area (Å²) in [6, 6.07) is 7.02. The van der Waals surface area contributed by atoms with Crippen LogP contribution in [0.4, 0.5) is 5.69 Å². The van der Waals surface area contributed by atoms with Gasteiger partial charge in [0.1, 0.15) is 11.8 Å². The Balaban J connectivity index is 3.13. The molecule has 0 aliphatic rings. The van der Waals surface area contributed by atoms with E-state index in [0.29, 0.717) is 17.0 Å². The number of hydrogen-bond donors (Lipinski definition) is 2. The fourth-order valence-corrected chi connectivity index (χ4v) is 0.867. The van der Waals surface area contributed by atoms with Gasteiger partial charge in [0.2, 0.25) is 0 Å². The van der Waals surface area contributed by atoms with Crippen LogP contribution in [0.15, 0.2) is 18.2 Å². The Morgan fingerprint density at radius 2 is 2.33 bits per heavy atom. The van der Waals surface area contributed by atoms with Gasteiger partial charge < -0.3 is 10.2 Å². The number of rotatable bonds is 2. The third kappa shape index (κ3) is 1.47. The third-order valence-electron chi connectivity index (χ3n) is 1.50. The maximum absolute atomic E-state index is 8.63. The van der Waals surface area contributed by atoms with Crippen LogP contribution in [0.1, 0.15) is 5.56 Å². The molecule has 0 saturated carbocycles. The maximum atomic E-state index is 8.63. The van der Waals surface area contributed by atoms with E-state index in [4.69, 9.17) is 15.8 Å². The minimum absolute atomic E-state index is 0.498. The summed E-state index contributed by atoms with van der Waals surface area (Å²) in [7, 11) is 1.56. The zero-order chi connectivity index (χ0) is 8.97. The molecule has 0 aliphatic carbocycles. The van der Waals surface area contributed by atoms with Crippen molar-refractivity contribution in [3.63, 3.8) is 0 Å². The summed E-state index contributed by atoms with van der Waals surface area (Å²) in [5.41, 5.74) is 3.48. The summed E-state index contributed by atoms with van der Waals surface area (Å²) >= 11 is 0. The van der Waals surface area contributed by atoms with Crippen molar-refractivity contribution in [2.24, 2.45) is 5.84 Å². The second kappa shape index (κ2) is 3.60. The molecule has 0 fully saturated rings. The zero-order valence-corrected chi connectivity index (χ0v) is 6.66. The van der Waals surface area contributed by atoms with Crippen LogP contribution < -0.4 is 16.0 Å². The van der Waals surface area contributed by atoms with E-state index in [-0.39, 0.29) is 0 Å². The number of nitrogen functional groups attached to an aromatic ring is 1. The van der Waals surface area contributed by atoms with Crippen LogP contribution in [-0.4, -0.2) is 7.11 Å². The van der Waals surface area contributed by atoms with Crippen LogP contribution in [-0.2, 0) is 0 Å². The fourth-order valence-electron chi connectivity index (χ4n) is 0.867. The number of nitrogens with zero attached hydrogens (tertiary/aromatic N) is 1. The molecule has 0 aliphatic heterocycles. The lowest BCUT2D eigenvalue weighted by atomic mass is 10.2. The van der Waals surface area contributed by atoms with Crippen molar-refractivity contribution in [2.45, 2.75) is 0 Å². The molecule has 1 aromatic carbocycles. The van der Waals surface area contributed by atoms with Crippen molar-refractivity contribution in [2.75, 3.05) is 12.5 Å². The van der Waals surface area contributed by atoms with E-state index in [9.17, 15) is 0 Å². The normalized spacial score (nSPS) is 8.75. The first-order valence-electron chi connectivity index (χ1n) is 3.36. The largest absolute Gasteiger partial charge is 0.497 e. The summed E-state index contributed by atoms with van der Waals surface area (Å²) in [5.74, 6) is 5.86. The molecule has 0 heterocycles. The van der Waals surface area contributed by atoms with Gasteiger partial charge in [-0.05, 0) is 12.1 Å². The molecule has 0 radical (unpaired) electrons. The Morgan fingerprint density at radius 1 is 1.58 bits per heavy atom. The summed E-state index contributed by atoms with van der Waals surface area (Å²) in [6.45, 7) is 0. The Labute approximate surface area is 70.5 Å². The number of nitriles is 1. The molecule has 4 heteroatoms. The molecule has 1 aromatic rings. The first-order chi connectivity index (χ1) is 5.81. The molecule has 0 atom stereocenters. The van der Waals surface area contributed by atoms with Crippen molar-refractivity contribution in [1.29, 1.82) is 5.26 Å². The second-order valence-electron chi connectivity index (χ2n) is 2.17. The number of anilines is 1. The highest BCUT2D eigenvalue weighted by Crippen LogP contribution is 2.20. The maximum Gasteiger partial charge on any atom is 0.121 e. The molecule has 0 saturated heterocycles. The zero-order valence-electron chi connectivity index (χ0n) is 6.66. The van der Waals surface area contributed by atoms with Crippen LogP contribution in [0, 0.1) is 11.3 Å². The number of methoxy groups -OCH3 is 1. The van der Waals surface area contributed by atoms with Crippen molar-refractivity contribution in [3.8, 4) is 11.8 Å². The van der Waals surface area contributed by atoms with Crippen LogP contribution in [0.5, 0.6) is 5.75 Å². The Hall–Kier alpha value is -1.73. The Morgan fingerprint density at radius 3 is 2.83 bits per heavy atom. The van der Waals surface area contributed by atoms with Crippen LogP contribution in [0.3, 0.4) is 0 Å². The van der Waals surface area contributed by atoms with E-state index in [1.54, 1.807) is 25.3 Å². The SMILES string of the molecule is COc1ccc(C#N)c(NN)c1. The van der Waals surface area contributed by atoms with Gasteiger partial charge in [0.25, 0.3) is 0 Å². The summed E-state index contributed by atoms with van der Waals surface area (Å²) in [4.78, 5) is 0. The van der Waals surface area contributed by atoms with E-state index in [1.165, 1.54) is 0 Å². The first-order valence-corrected chi connectivity index (χ1v) is 3.36. The van der Waals surface area contributed by atoms with E-state index in [0.717, 1.165) is 0 Å². The number of benzene rings is 1. The molecule has 0 bridgehead atoms. The number of nitrogens with two attached hydrogens (primary N) is 1. The lowest BCUT2D eigenvalue weighted by Gasteiger charge is -2.04. The van der Waals surface area contributed by atoms with Crippen molar-refractivity contribution < 1.29 is 4.74 Å². The first kappa shape index (κ1) is 8.37. The smallest absolute Gasteiger partial charge is 0.121 e. The van der Waals surface area contributed by atoms with Crippen LogP contribution in [0.25, 0.3) is 0 Å². The van der Waals surface area contributed by atoms with Crippen molar-refractivity contribution >= 4 is 5.69 Å². The highest BCUT2D eigenvalue weighted by Gasteiger charge is 2.00. The molecule has 0 amide bonds. The highest BCUT2D eigenvalue weighted by molar-refractivity contribution is 5.59. The molecule has 62 valence electrons. The third-order valence-corrected chi connectivity index (χ3v) is 1.50. The average Bonchev–Trinajstić information content (AvgIpc) is 2.16. The molecule has 0 aromatic heterocycles. The van der Waals surface area contributed by atoms with Gasteiger partial charge in [-0.1, -0.05) is 0 Å². The Bertz CT molecular complexity index is 317. The van der Waals surface area contributed by atoms with Gasteiger partial charge in [-0.25, -0.2) is 0 Å². The van der Waals surface area contributed by atoms with E-state index < -0.39 is 0 Å². The molecule has 0 spiro atoms. The summed E-state index contributed by atoms with van der Waals surface area (Å²) < 4.78 is 4.95. The average molecular weight is 163 g/mol. The van der Waals surface area contributed by atoms with E-state index in [1.807, 2.05) is 6.07 Å². The molecule has 12 heavy (non-hydrogen) atoms. The number of ether oxygens (including phenoxy) is 1. The number of nitrogens with one attached hydrogen (secondary N) is 1. The topological polar surface area (TPSA) is 71.1 Å². The van der Waals surface area contributed by atoms with E-state index >= 15 is 0 Å². The number of hydrazine groups is 1. The minimum Gasteiger partial charge on any atom is -0.497 e. The molecule has 0 unspecified atom stereocenters. The van der Waals surface area contributed by atoms with Gasteiger partial charge in [-0.2, -0.15) is 5.26 Å². The van der Waals surface area contributed by atoms with Crippen molar-refractivity contribution in [1.82, 2.24) is 0 Å². The van der Waals surface area contributed by atoms with Crippen molar-refractivity contribution in [3.05, 3.63) is 23.8 Å². The molecule has 3 N–H and O–H groups in total. The Kier molecular flexibility index (Phi) is 2.51. The minimum atomic E-state index is 0.498. The molecular weight excluding hydrogens is 154 g/mol. The molecule has 4 nitrogen and oxygen atoms in total.